The van der Waals surface area contributed by atoms with E-state index in [0.29, 0.717) is 45.3 Å². The van der Waals surface area contributed by atoms with Gasteiger partial charge in [0.25, 0.3) is 11.8 Å². The maximum Gasteiger partial charge on any atom is 0.322 e. The van der Waals surface area contributed by atoms with E-state index < -0.39 is 17.5 Å². The van der Waals surface area contributed by atoms with Crippen molar-refractivity contribution >= 4 is 34.6 Å². The lowest BCUT2D eigenvalue weighted by Crippen LogP contribution is -2.40. The molecule has 36 heavy (non-hydrogen) atoms. The summed E-state index contributed by atoms with van der Waals surface area (Å²) in [6.07, 6.45) is 3.76. The van der Waals surface area contributed by atoms with Gasteiger partial charge in [-0.15, -0.1) is 0 Å². The number of aryl methyl sites for hydroxylation is 1. The molecule has 1 aliphatic heterocycles. The molecule has 1 aromatic carbocycles. The van der Waals surface area contributed by atoms with Crippen LogP contribution in [0.1, 0.15) is 53.0 Å². The third-order valence-electron chi connectivity index (χ3n) is 6.68. The van der Waals surface area contributed by atoms with Gasteiger partial charge in [0.15, 0.2) is 11.5 Å². The molecule has 10 heteroatoms. The Morgan fingerprint density at radius 1 is 1.14 bits per heavy atom. The Balaban J connectivity index is 1.40. The molecule has 4 aromatic rings. The van der Waals surface area contributed by atoms with Crippen molar-refractivity contribution in [2.24, 2.45) is 0 Å². The van der Waals surface area contributed by atoms with Crippen LogP contribution in [-0.2, 0) is 10.3 Å². The lowest BCUT2D eigenvalue weighted by atomic mass is 9.92. The number of carbonyl (C=O) groups is 3. The average molecular weight is 482 g/mol. The summed E-state index contributed by atoms with van der Waals surface area (Å²) in [5.74, 6) is 0.190. The van der Waals surface area contributed by atoms with E-state index in [1.54, 1.807) is 42.1 Å². The molecule has 1 saturated heterocycles. The highest BCUT2D eigenvalue weighted by atomic mass is 16.2. The molecule has 4 amide bonds. The molecule has 2 aliphatic rings. The molecule has 0 bridgehead atoms. The number of fused-ring (bicyclic) bond motifs is 1. The maximum absolute atomic E-state index is 13.6. The largest absolute Gasteiger partial charge is 0.322 e. The van der Waals surface area contributed by atoms with Crippen LogP contribution in [0.5, 0.6) is 0 Å². The minimum absolute atomic E-state index is 0.310. The second kappa shape index (κ2) is 7.98. The van der Waals surface area contributed by atoms with Crippen molar-refractivity contribution < 1.29 is 14.4 Å². The summed E-state index contributed by atoms with van der Waals surface area (Å²) in [5.41, 5.74) is 2.43. The molecule has 3 aromatic heterocycles. The Kier molecular flexibility index (Phi) is 4.85. The van der Waals surface area contributed by atoms with Crippen LogP contribution >= 0.6 is 0 Å². The van der Waals surface area contributed by atoms with Gasteiger partial charge in [-0.05, 0) is 62.6 Å². The van der Waals surface area contributed by atoms with E-state index in [1.807, 2.05) is 31.2 Å². The van der Waals surface area contributed by atoms with Crippen molar-refractivity contribution in [2.75, 3.05) is 5.32 Å². The van der Waals surface area contributed by atoms with Crippen LogP contribution in [0, 0.1) is 6.92 Å². The number of nitrogens with zero attached hydrogens (tertiary/aromatic N) is 4. The highest BCUT2D eigenvalue weighted by molar-refractivity contribution is 6.13. The number of benzene rings is 1. The van der Waals surface area contributed by atoms with Crippen molar-refractivity contribution in [1.29, 1.82) is 0 Å². The van der Waals surface area contributed by atoms with Gasteiger partial charge >= 0.3 is 6.03 Å². The minimum atomic E-state index is -1.22. The van der Waals surface area contributed by atoms with E-state index in [1.165, 1.54) is 0 Å². The average Bonchev–Trinajstić information content (AvgIpc) is 3.62. The van der Waals surface area contributed by atoms with Gasteiger partial charge < -0.3 is 10.6 Å². The van der Waals surface area contributed by atoms with Crippen LogP contribution in [0.15, 0.2) is 54.7 Å². The number of nitrogens with one attached hydrogen (secondary N) is 3. The fourth-order valence-corrected chi connectivity index (χ4v) is 4.57. The molecule has 1 atom stereocenters. The molecule has 0 spiro atoms. The molecule has 180 valence electrons. The van der Waals surface area contributed by atoms with Crippen LogP contribution in [0.2, 0.25) is 0 Å². The number of carbonyl (C=O) groups excluding carboxylic acids is 3. The fourth-order valence-electron chi connectivity index (χ4n) is 4.57. The van der Waals surface area contributed by atoms with Crippen molar-refractivity contribution in [2.45, 2.75) is 38.1 Å². The number of pyridine rings is 2. The molecule has 6 rings (SSSR count). The number of amides is 4. The molecule has 10 nitrogen and oxygen atoms in total. The Morgan fingerprint density at radius 2 is 1.97 bits per heavy atom. The Morgan fingerprint density at radius 3 is 2.67 bits per heavy atom. The third-order valence-corrected chi connectivity index (χ3v) is 6.68. The van der Waals surface area contributed by atoms with Crippen molar-refractivity contribution in [3.05, 3.63) is 77.2 Å². The zero-order chi connectivity index (χ0) is 25.0. The first-order chi connectivity index (χ1) is 17.3. The Labute approximate surface area is 206 Å². The number of rotatable bonds is 5. The van der Waals surface area contributed by atoms with Crippen LogP contribution < -0.4 is 16.0 Å². The van der Waals surface area contributed by atoms with Crippen LogP contribution in [0.4, 0.5) is 10.5 Å². The van der Waals surface area contributed by atoms with Crippen molar-refractivity contribution in [3.8, 4) is 5.82 Å². The van der Waals surface area contributed by atoms with Crippen molar-refractivity contribution in [3.63, 3.8) is 0 Å². The smallest absolute Gasteiger partial charge is 0.322 e. The van der Waals surface area contributed by atoms with Gasteiger partial charge in [0.05, 0.1) is 16.6 Å². The number of aromatic nitrogens is 4. The molecule has 4 heterocycles. The maximum atomic E-state index is 13.6. The number of hydrogen-bond donors (Lipinski definition) is 3. The second-order valence-corrected chi connectivity index (χ2v) is 9.32. The van der Waals surface area contributed by atoms with E-state index in [-0.39, 0.29) is 5.91 Å². The summed E-state index contributed by atoms with van der Waals surface area (Å²) < 4.78 is 1.68. The van der Waals surface area contributed by atoms with Gasteiger partial charge in [0.2, 0.25) is 0 Å². The summed E-state index contributed by atoms with van der Waals surface area (Å²) >= 11 is 0. The number of urea groups is 1. The number of anilines is 1. The van der Waals surface area contributed by atoms with Gasteiger partial charge in [-0.3, -0.25) is 14.9 Å². The van der Waals surface area contributed by atoms with E-state index >= 15 is 0 Å². The zero-order valence-electron chi connectivity index (χ0n) is 19.7. The molecule has 1 saturated carbocycles. The third kappa shape index (κ3) is 3.58. The first-order valence-corrected chi connectivity index (χ1v) is 11.7. The molecule has 2 fully saturated rings. The first-order valence-electron chi connectivity index (χ1n) is 11.7. The lowest BCUT2D eigenvalue weighted by molar-refractivity contribution is -0.123. The second-order valence-electron chi connectivity index (χ2n) is 9.32. The highest BCUT2D eigenvalue weighted by Crippen LogP contribution is 2.41. The predicted molar refractivity (Wildman–Crippen MR) is 132 cm³/mol. The molecule has 1 unspecified atom stereocenters. The zero-order valence-corrected chi connectivity index (χ0v) is 19.7. The van der Waals surface area contributed by atoms with Crippen LogP contribution in [-0.4, -0.2) is 37.6 Å². The van der Waals surface area contributed by atoms with Gasteiger partial charge in [-0.25, -0.2) is 14.8 Å². The quantitative estimate of drug-likeness (QED) is 0.375. The summed E-state index contributed by atoms with van der Waals surface area (Å²) in [6.45, 7) is 3.47. The molecule has 1 aliphatic carbocycles. The summed E-state index contributed by atoms with van der Waals surface area (Å²) in [4.78, 5) is 47.0. The van der Waals surface area contributed by atoms with E-state index in [2.05, 4.69) is 26.0 Å². The van der Waals surface area contributed by atoms with Gasteiger partial charge in [-0.1, -0.05) is 18.2 Å². The molecular weight excluding hydrogens is 458 g/mol. The highest BCUT2D eigenvalue weighted by Gasteiger charge is 2.43. The molecule has 3 N–H and O–H groups in total. The van der Waals surface area contributed by atoms with Crippen molar-refractivity contribution in [1.82, 2.24) is 30.4 Å². The monoisotopic (exact) mass is 481 g/mol. The van der Waals surface area contributed by atoms with E-state index in [9.17, 15) is 14.4 Å². The van der Waals surface area contributed by atoms with Gasteiger partial charge in [-0.2, -0.15) is 9.78 Å². The summed E-state index contributed by atoms with van der Waals surface area (Å²) in [5, 5.41) is 13.2. The standard InChI is InChI=1S/C26H23N7O3/c1-14-21-18(13-19(15-9-10-15)29-22(21)33(32-14)20-8-3-4-11-27-20)23(34)28-17-7-5-6-16(12-17)26(2)24(35)30-25(36)31-26/h3-8,11-13,15H,9-10H2,1-2H3,(H,28,34)(H2,30,31,35,36). The lowest BCUT2D eigenvalue weighted by Gasteiger charge is -2.21. The van der Waals surface area contributed by atoms with Gasteiger partial charge in [0, 0.05) is 23.5 Å². The van der Waals surface area contributed by atoms with E-state index in [4.69, 9.17) is 4.98 Å². The van der Waals surface area contributed by atoms with Crippen LogP contribution in [0.3, 0.4) is 0 Å². The number of imide groups is 1. The molecular formula is C26H23N7O3. The summed E-state index contributed by atoms with van der Waals surface area (Å²) in [6, 6.07) is 13.8. The topological polar surface area (TPSA) is 131 Å². The number of hydrogen-bond acceptors (Lipinski definition) is 6. The fraction of sp³-hybridized carbons (Fsp3) is 0.231. The summed E-state index contributed by atoms with van der Waals surface area (Å²) in [7, 11) is 0. The Bertz CT molecular complexity index is 1560. The minimum Gasteiger partial charge on any atom is -0.322 e. The Hall–Kier alpha value is -4.60. The first kappa shape index (κ1) is 21.9. The molecule has 0 radical (unpaired) electrons. The normalized spacial score (nSPS) is 19.3. The predicted octanol–water partition coefficient (Wildman–Crippen LogP) is 3.31. The SMILES string of the molecule is Cc1nn(-c2ccccn2)c2nc(C3CC3)cc(C(=O)Nc3cccc(C4(C)NC(=O)NC4=O)c3)c12. The van der Waals surface area contributed by atoms with Crippen LogP contribution in [0.25, 0.3) is 16.9 Å². The van der Waals surface area contributed by atoms with Gasteiger partial charge in [0.1, 0.15) is 5.54 Å². The van der Waals surface area contributed by atoms with E-state index in [0.717, 1.165) is 18.5 Å².